The molecule has 0 spiro atoms. The summed E-state index contributed by atoms with van der Waals surface area (Å²) in [6, 6.07) is 9.90. The standard InChI is InChI=1S/C14H15ClN2O/c1-9-4-6-11(7-5-9)12-8-13(15)17-14(16-12)10(2)18-3/h4-8,10H,1-3H3. The first-order valence-electron chi connectivity index (χ1n) is 5.74. The van der Waals surface area contributed by atoms with E-state index in [2.05, 4.69) is 16.9 Å². The van der Waals surface area contributed by atoms with Crippen molar-refractivity contribution in [1.29, 1.82) is 0 Å². The van der Waals surface area contributed by atoms with Gasteiger partial charge in [-0.15, -0.1) is 0 Å². The Morgan fingerprint density at radius 2 is 1.83 bits per heavy atom. The van der Waals surface area contributed by atoms with Crippen LogP contribution in [0.4, 0.5) is 0 Å². The van der Waals surface area contributed by atoms with Gasteiger partial charge in [-0.25, -0.2) is 9.97 Å². The summed E-state index contributed by atoms with van der Waals surface area (Å²) in [5.41, 5.74) is 3.05. The molecule has 0 radical (unpaired) electrons. The van der Waals surface area contributed by atoms with Crippen LogP contribution in [0.2, 0.25) is 5.15 Å². The van der Waals surface area contributed by atoms with Gasteiger partial charge in [-0.1, -0.05) is 41.4 Å². The molecule has 1 atom stereocenters. The molecule has 2 aromatic rings. The second-order valence-corrected chi connectivity index (χ2v) is 4.57. The lowest BCUT2D eigenvalue weighted by molar-refractivity contribution is 0.112. The van der Waals surface area contributed by atoms with Crippen molar-refractivity contribution in [2.75, 3.05) is 7.11 Å². The van der Waals surface area contributed by atoms with E-state index in [1.54, 1.807) is 13.2 Å². The Hall–Kier alpha value is -1.45. The molecule has 2 rings (SSSR count). The minimum absolute atomic E-state index is 0.173. The Morgan fingerprint density at radius 3 is 2.44 bits per heavy atom. The predicted octanol–water partition coefficient (Wildman–Crippen LogP) is 3.81. The molecule has 0 saturated carbocycles. The number of ether oxygens (including phenoxy) is 1. The number of hydrogen-bond donors (Lipinski definition) is 0. The maximum atomic E-state index is 6.03. The molecule has 0 fully saturated rings. The fourth-order valence-corrected chi connectivity index (χ4v) is 1.78. The van der Waals surface area contributed by atoms with Crippen molar-refractivity contribution in [2.45, 2.75) is 20.0 Å². The smallest absolute Gasteiger partial charge is 0.159 e. The summed E-state index contributed by atoms with van der Waals surface area (Å²) < 4.78 is 5.22. The molecule has 0 N–H and O–H groups in total. The zero-order chi connectivity index (χ0) is 13.1. The quantitative estimate of drug-likeness (QED) is 0.789. The van der Waals surface area contributed by atoms with Crippen LogP contribution in [-0.2, 0) is 4.74 Å². The van der Waals surface area contributed by atoms with Gasteiger partial charge in [0.25, 0.3) is 0 Å². The first-order valence-corrected chi connectivity index (χ1v) is 6.12. The van der Waals surface area contributed by atoms with Crippen LogP contribution in [0, 0.1) is 6.92 Å². The number of methoxy groups -OCH3 is 1. The summed E-state index contributed by atoms with van der Waals surface area (Å²) in [6.45, 7) is 3.94. The SMILES string of the molecule is COC(C)c1nc(Cl)cc(-c2ccc(C)cc2)n1. The second kappa shape index (κ2) is 5.46. The molecule has 0 saturated heterocycles. The average Bonchev–Trinajstić information content (AvgIpc) is 2.38. The van der Waals surface area contributed by atoms with Gasteiger partial charge in [0.15, 0.2) is 5.82 Å². The lowest BCUT2D eigenvalue weighted by Crippen LogP contribution is -2.04. The summed E-state index contributed by atoms with van der Waals surface area (Å²) in [7, 11) is 1.63. The Labute approximate surface area is 112 Å². The summed E-state index contributed by atoms with van der Waals surface area (Å²) >= 11 is 6.03. The van der Waals surface area contributed by atoms with E-state index in [4.69, 9.17) is 16.3 Å². The molecular weight excluding hydrogens is 248 g/mol. The van der Waals surface area contributed by atoms with Crippen LogP contribution in [0.15, 0.2) is 30.3 Å². The van der Waals surface area contributed by atoms with Gasteiger partial charge in [0, 0.05) is 18.7 Å². The van der Waals surface area contributed by atoms with E-state index in [-0.39, 0.29) is 6.10 Å². The first kappa shape index (κ1) is 13.0. The number of halogens is 1. The Balaban J connectivity index is 2.44. The molecule has 94 valence electrons. The first-order chi connectivity index (χ1) is 8.60. The van der Waals surface area contributed by atoms with Gasteiger partial charge in [0.2, 0.25) is 0 Å². The Bertz CT molecular complexity index is 540. The fourth-order valence-electron chi connectivity index (χ4n) is 1.59. The number of benzene rings is 1. The van der Waals surface area contributed by atoms with Gasteiger partial charge in [-0.05, 0) is 13.8 Å². The van der Waals surface area contributed by atoms with E-state index >= 15 is 0 Å². The van der Waals surface area contributed by atoms with Crippen molar-refractivity contribution in [2.24, 2.45) is 0 Å². The van der Waals surface area contributed by atoms with Crippen LogP contribution < -0.4 is 0 Å². The van der Waals surface area contributed by atoms with E-state index < -0.39 is 0 Å². The Kier molecular flexibility index (Phi) is 3.94. The van der Waals surface area contributed by atoms with Crippen LogP contribution in [-0.4, -0.2) is 17.1 Å². The number of rotatable bonds is 3. The summed E-state index contributed by atoms with van der Waals surface area (Å²) in [6.07, 6.45) is -0.173. The molecule has 1 unspecified atom stereocenters. The highest BCUT2D eigenvalue weighted by atomic mass is 35.5. The third-order valence-electron chi connectivity index (χ3n) is 2.78. The van der Waals surface area contributed by atoms with E-state index in [0.29, 0.717) is 11.0 Å². The van der Waals surface area contributed by atoms with Crippen LogP contribution >= 0.6 is 11.6 Å². The number of nitrogens with zero attached hydrogens (tertiary/aromatic N) is 2. The third kappa shape index (κ3) is 2.86. The van der Waals surface area contributed by atoms with Crippen molar-refractivity contribution in [3.05, 3.63) is 46.9 Å². The van der Waals surface area contributed by atoms with Crippen LogP contribution in [0.1, 0.15) is 24.4 Å². The molecule has 0 aliphatic rings. The highest BCUT2D eigenvalue weighted by molar-refractivity contribution is 6.29. The molecule has 4 heteroatoms. The van der Waals surface area contributed by atoms with Crippen LogP contribution in [0.25, 0.3) is 11.3 Å². The molecular formula is C14H15ClN2O. The van der Waals surface area contributed by atoms with Crippen molar-refractivity contribution >= 4 is 11.6 Å². The predicted molar refractivity (Wildman–Crippen MR) is 72.6 cm³/mol. The molecule has 3 nitrogen and oxygen atoms in total. The molecule has 0 aliphatic heterocycles. The third-order valence-corrected chi connectivity index (χ3v) is 2.97. The van der Waals surface area contributed by atoms with Crippen LogP contribution in [0.5, 0.6) is 0 Å². The fraction of sp³-hybridized carbons (Fsp3) is 0.286. The molecule has 0 aliphatic carbocycles. The Morgan fingerprint density at radius 1 is 1.17 bits per heavy atom. The summed E-state index contributed by atoms with van der Waals surface area (Å²) in [5, 5.41) is 0.430. The van der Waals surface area contributed by atoms with Crippen molar-refractivity contribution in [3.8, 4) is 11.3 Å². The highest BCUT2D eigenvalue weighted by Gasteiger charge is 2.11. The average molecular weight is 263 g/mol. The van der Waals surface area contributed by atoms with Gasteiger partial charge in [-0.3, -0.25) is 0 Å². The highest BCUT2D eigenvalue weighted by Crippen LogP contribution is 2.23. The molecule has 18 heavy (non-hydrogen) atoms. The van der Waals surface area contributed by atoms with Gasteiger partial charge in [-0.2, -0.15) is 0 Å². The lowest BCUT2D eigenvalue weighted by Gasteiger charge is -2.10. The van der Waals surface area contributed by atoms with Crippen LogP contribution in [0.3, 0.4) is 0 Å². The zero-order valence-electron chi connectivity index (χ0n) is 10.6. The number of hydrogen-bond acceptors (Lipinski definition) is 3. The van der Waals surface area contributed by atoms with Gasteiger partial charge in [0.05, 0.1) is 5.69 Å². The summed E-state index contributed by atoms with van der Waals surface area (Å²) in [5.74, 6) is 0.598. The van der Waals surface area contributed by atoms with E-state index in [9.17, 15) is 0 Å². The number of aromatic nitrogens is 2. The van der Waals surface area contributed by atoms with Crippen molar-refractivity contribution in [1.82, 2.24) is 9.97 Å². The molecule has 0 amide bonds. The number of aryl methyl sites for hydroxylation is 1. The van der Waals surface area contributed by atoms with Gasteiger partial charge in [0.1, 0.15) is 11.3 Å². The molecule has 1 aromatic carbocycles. The molecule has 0 bridgehead atoms. The topological polar surface area (TPSA) is 35.0 Å². The molecule has 1 heterocycles. The van der Waals surface area contributed by atoms with Crippen molar-refractivity contribution < 1.29 is 4.74 Å². The van der Waals surface area contributed by atoms with Gasteiger partial charge < -0.3 is 4.74 Å². The minimum atomic E-state index is -0.173. The monoisotopic (exact) mass is 262 g/mol. The van der Waals surface area contributed by atoms with E-state index in [1.165, 1.54) is 5.56 Å². The largest absolute Gasteiger partial charge is 0.374 e. The zero-order valence-corrected chi connectivity index (χ0v) is 11.4. The molecule has 1 aromatic heterocycles. The van der Waals surface area contributed by atoms with E-state index in [1.807, 2.05) is 31.2 Å². The van der Waals surface area contributed by atoms with E-state index in [0.717, 1.165) is 11.3 Å². The second-order valence-electron chi connectivity index (χ2n) is 4.18. The maximum Gasteiger partial charge on any atom is 0.159 e. The normalized spacial score (nSPS) is 12.4. The lowest BCUT2D eigenvalue weighted by atomic mass is 10.1. The summed E-state index contributed by atoms with van der Waals surface area (Å²) in [4.78, 5) is 8.66. The van der Waals surface area contributed by atoms with Gasteiger partial charge >= 0.3 is 0 Å². The maximum absolute atomic E-state index is 6.03. The minimum Gasteiger partial charge on any atom is -0.374 e. The van der Waals surface area contributed by atoms with Crippen molar-refractivity contribution in [3.63, 3.8) is 0 Å².